The van der Waals surface area contributed by atoms with Crippen molar-refractivity contribution < 1.29 is 23.5 Å². The second kappa shape index (κ2) is 7.26. The predicted molar refractivity (Wildman–Crippen MR) is 97.0 cm³/mol. The van der Waals surface area contributed by atoms with Crippen molar-refractivity contribution in [2.45, 2.75) is 25.4 Å². The highest BCUT2D eigenvalue weighted by atomic mass is 19.1. The van der Waals surface area contributed by atoms with Crippen molar-refractivity contribution in [3.05, 3.63) is 59.4 Å². The minimum Gasteiger partial charge on any atom is -0.497 e. The number of hydrogen-bond donors (Lipinski definition) is 1. The van der Waals surface area contributed by atoms with Gasteiger partial charge in [-0.2, -0.15) is 0 Å². The zero-order valence-corrected chi connectivity index (χ0v) is 15.4. The molecule has 2 aromatic rings. The zero-order valence-electron chi connectivity index (χ0n) is 15.4. The van der Waals surface area contributed by atoms with Crippen LogP contribution in [-0.2, 0) is 16.9 Å². The van der Waals surface area contributed by atoms with Gasteiger partial charge in [-0.3, -0.25) is 9.69 Å². The third-order valence-corrected chi connectivity index (χ3v) is 4.86. The molecule has 0 unspecified atom stereocenters. The second-order valence-corrected chi connectivity index (χ2v) is 6.27. The summed E-state index contributed by atoms with van der Waals surface area (Å²) in [5.74, 6) is 0.358. The number of carbonyl (C=O) groups is 2. The molecule has 1 aliphatic heterocycles. The molecule has 1 aliphatic rings. The Morgan fingerprint density at radius 2 is 1.78 bits per heavy atom. The molecule has 0 aliphatic carbocycles. The van der Waals surface area contributed by atoms with Gasteiger partial charge in [0.05, 0.1) is 20.8 Å². The molecule has 3 rings (SSSR count). The fourth-order valence-electron chi connectivity index (χ4n) is 3.32. The number of imide groups is 1. The Morgan fingerprint density at radius 1 is 1.07 bits per heavy atom. The summed E-state index contributed by atoms with van der Waals surface area (Å²) < 4.78 is 23.8. The summed E-state index contributed by atoms with van der Waals surface area (Å²) >= 11 is 0. The summed E-state index contributed by atoms with van der Waals surface area (Å²) in [6.45, 7) is 1.84. The number of benzene rings is 2. The number of nitrogens with one attached hydrogen (secondary N) is 1. The smallest absolute Gasteiger partial charge is 0.325 e. The quantitative estimate of drug-likeness (QED) is 0.791. The molecule has 0 spiro atoms. The van der Waals surface area contributed by atoms with Crippen LogP contribution in [0.5, 0.6) is 11.5 Å². The van der Waals surface area contributed by atoms with E-state index in [4.69, 9.17) is 9.47 Å². The first-order chi connectivity index (χ1) is 12.9. The molecule has 7 heteroatoms. The van der Waals surface area contributed by atoms with Crippen LogP contribution in [-0.4, -0.2) is 31.1 Å². The van der Waals surface area contributed by atoms with Crippen LogP contribution in [0, 0.1) is 5.82 Å². The maximum absolute atomic E-state index is 13.3. The van der Waals surface area contributed by atoms with Gasteiger partial charge in [-0.05, 0) is 42.3 Å². The molecule has 0 bridgehead atoms. The lowest BCUT2D eigenvalue weighted by Gasteiger charge is -2.26. The first kappa shape index (κ1) is 18.7. The highest BCUT2D eigenvalue weighted by molar-refractivity contribution is 6.07. The van der Waals surface area contributed by atoms with Crippen LogP contribution in [0.1, 0.15) is 24.5 Å². The Kier molecular flexibility index (Phi) is 5.03. The van der Waals surface area contributed by atoms with E-state index in [1.165, 1.54) is 38.5 Å². The van der Waals surface area contributed by atoms with Gasteiger partial charge in [-0.15, -0.1) is 0 Å². The van der Waals surface area contributed by atoms with Crippen LogP contribution in [0.2, 0.25) is 0 Å². The van der Waals surface area contributed by atoms with Crippen LogP contribution >= 0.6 is 0 Å². The third-order valence-electron chi connectivity index (χ3n) is 4.86. The van der Waals surface area contributed by atoms with Crippen molar-refractivity contribution in [3.63, 3.8) is 0 Å². The van der Waals surface area contributed by atoms with Crippen molar-refractivity contribution in [1.82, 2.24) is 10.2 Å². The van der Waals surface area contributed by atoms with Gasteiger partial charge in [0.15, 0.2) is 0 Å². The fraction of sp³-hybridized carbons (Fsp3) is 0.300. The number of hydrogen-bond acceptors (Lipinski definition) is 4. The largest absolute Gasteiger partial charge is 0.497 e. The summed E-state index contributed by atoms with van der Waals surface area (Å²) in [5, 5.41) is 2.78. The average Bonchev–Trinajstić information content (AvgIpc) is 2.93. The monoisotopic (exact) mass is 372 g/mol. The highest BCUT2D eigenvalue weighted by Gasteiger charge is 2.51. The van der Waals surface area contributed by atoms with Crippen molar-refractivity contribution in [2.75, 3.05) is 14.2 Å². The van der Waals surface area contributed by atoms with Crippen LogP contribution in [0.3, 0.4) is 0 Å². The van der Waals surface area contributed by atoms with Crippen molar-refractivity contribution >= 4 is 11.9 Å². The molecule has 1 N–H and O–H groups in total. The van der Waals surface area contributed by atoms with Crippen LogP contribution < -0.4 is 14.8 Å². The van der Waals surface area contributed by atoms with Gasteiger partial charge >= 0.3 is 6.03 Å². The number of methoxy groups -OCH3 is 2. The van der Waals surface area contributed by atoms with Gasteiger partial charge in [0.1, 0.15) is 22.9 Å². The summed E-state index contributed by atoms with van der Waals surface area (Å²) in [5.41, 5.74) is -0.0205. The second-order valence-electron chi connectivity index (χ2n) is 6.27. The topological polar surface area (TPSA) is 67.9 Å². The molecule has 1 atom stereocenters. The maximum atomic E-state index is 13.3. The minimum absolute atomic E-state index is 0.0357. The highest BCUT2D eigenvalue weighted by Crippen LogP contribution is 2.34. The zero-order chi connectivity index (χ0) is 19.6. The lowest BCUT2D eigenvalue weighted by Crippen LogP contribution is -2.43. The Morgan fingerprint density at radius 3 is 2.37 bits per heavy atom. The molecule has 142 valence electrons. The van der Waals surface area contributed by atoms with Gasteiger partial charge < -0.3 is 14.8 Å². The van der Waals surface area contributed by atoms with Gasteiger partial charge in [0, 0.05) is 5.56 Å². The molecule has 0 radical (unpaired) electrons. The number of rotatable bonds is 6. The fourth-order valence-corrected chi connectivity index (χ4v) is 3.32. The van der Waals surface area contributed by atoms with E-state index in [1.807, 2.05) is 0 Å². The van der Waals surface area contributed by atoms with Crippen LogP contribution in [0.15, 0.2) is 42.5 Å². The van der Waals surface area contributed by atoms with Crippen molar-refractivity contribution in [2.24, 2.45) is 0 Å². The molecule has 2 aromatic carbocycles. The maximum Gasteiger partial charge on any atom is 0.325 e. The molecule has 6 nitrogen and oxygen atoms in total. The molecule has 1 fully saturated rings. The average molecular weight is 372 g/mol. The van der Waals surface area contributed by atoms with E-state index < -0.39 is 17.4 Å². The summed E-state index contributed by atoms with van der Waals surface area (Å²) in [6.07, 6.45) is 0.342. The van der Waals surface area contributed by atoms with Gasteiger partial charge in [-0.25, -0.2) is 9.18 Å². The lowest BCUT2D eigenvalue weighted by molar-refractivity contribution is -0.132. The van der Waals surface area contributed by atoms with E-state index in [-0.39, 0.29) is 12.5 Å². The molecule has 0 saturated carbocycles. The Labute approximate surface area is 156 Å². The Bertz CT molecular complexity index is 869. The predicted octanol–water partition coefficient (Wildman–Crippen LogP) is 3.20. The van der Waals surface area contributed by atoms with E-state index >= 15 is 0 Å². The first-order valence-electron chi connectivity index (χ1n) is 8.56. The standard InChI is InChI=1S/C20H21FN2O4/c1-4-20(14-5-7-15(21)8-6-14)18(24)23(19(25)22-20)12-13-11-16(26-2)9-10-17(13)27-3/h5-11H,4,12H2,1-3H3,(H,22,25)/t20-/m0/s1. The first-order valence-corrected chi connectivity index (χ1v) is 8.56. The summed E-state index contributed by atoms with van der Waals surface area (Å²) in [6, 6.07) is 10.3. The van der Waals surface area contributed by atoms with E-state index in [9.17, 15) is 14.0 Å². The normalized spacial score (nSPS) is 19.2. The minimum atomic E-state index is -1.21. The van der Waals surface area contributed by atoms with Gasteiger partial charge in [0.2, 0.25) is 0 Å². The SMILES string of the molecule is CC[C@@]1(c2ccc(F)cc2)NC(=O)N(Cc2cc(OC)ccc2OC)C1=O. The molecular weight excluding hydrogens is 351 g/mol. The number of nitrogens with zero attached hydrogens (tertiary/aromatic N) is 1. The van der Waals surface area contributed by atoms with E-state index in [1.54, 1.807) is 25.1 Å². The molecule has 27 heavy (non-hydrogen) atoms. The van der Waals surface area contributed by atoms with Gasteiger partial charge in [0.25, 0.3) is 5.91 Å². The van der Waals surface area contributed by atoms with Gasteiger partial charge in [-0.1, -0.05) is 19.1 Å². The van der Waals surface area contributed by atoms with E-state index in [2.05, 4.69) is 5.32 Å². The number of urea groups is 1. The molecule has 1 saturated heterocycles. The summed E-state index contributed by atoms with van der Waals surface area (Å²) in [7, 11) is 3.06. The van der Waals surface area contributed by atoms with Crippen LogP contribution in [0.4, 0.5) is 9.18 Å². The molecule has 1 heterocycles. The molecule has 3 amide bonds. The van der Waals surface area contributed by atoms with Crippen LogP contribution in [0.25, 0.3) is 0 Å². The third kappa shape index (κ3) is 3.20. The Balaban J connectivity index is 1.95. The number of ether oxygens (including phenoxy) is 2. The van der Waals surface area contributed by atoms with E-state index in [0.717, 1.165) is 4.90 Å². The van der Waals surface area contributed by atoms with Crippen molar-refractivity contribution in [1.29, 1.82) is 0 Å². The number of amides is 3. The molecular formula is C20H21FN2O4. The van der Waals surface area contributed by atoms with Crippen molar-refractivity contribution in [3.8, 4) is 11.5 Å². The lowest BCUT2D eigenvalue weighted by atomic mass is 9.87. The van der Waals surface area contributed by atoms with E-state index in [0.29, 0.717) is 29.0 Å². The number of halogens is 1. The Hall–Kier alpha value is -3.09. The molecule has 0 aromatic heterocycles. The number of carbonyl (C=O) groups excluding carboxylic acids is 2. The summed E-state index contributed by atoms with van der Waals surface area (Å²) in [4.78, 5) is 26.9.